The summed E-state index contributed by atoms with van der Waals surface area (Å²) in [4.78, 5) is 40.4. The maximum absolute atomic E-state index is 10.6. The van der Waals surface area contributed by atoms with Crippen molar-refractivity contribution in [1.29, 1.82) is 0 Å². The highest BCUT2D eigenvalue weighted by molar-refractivity contribution is 5.73. The van der Waals surface area contributed by atoms with E-state index in [0.717, 1.165) is 56.5 Å². The van der Waals surface area contributed by atoms with Crippen LogP contribution in [0.25, 0.3) is 0 Å². The summed E-state index contributed by atoms with van der Waals surface area (Å²) in [7, 11) is 2.09. The van der Waals surface area contributed by atoms with Crippen LogP contribution in [0.15, 0.2) is 53.5 Å². The van der Waals surface area contributed by atoms with E-state index in [-0.39, 0.29) is 0 Å². The Hall–Kier alpha value is -4.66. The lowest BCUT2D eigenvalue weighted by Gasteiger charge is -2.27. The molecule has 0 atom stereocenters. The molecule has 21 heteroatoms. The Morgan fingerprint density at radius 3 is 1.85 bits per heavy atom. The highest BCUT2D eigenvalue weighted by atomic mass is 19.4. The van der Waals surface area contributed by atoms with E-state index < -0.39 is 36.4 Å². The number of carboxylic acid groups (broad SMARTS) is 3. The third-order valence-corrected chi connectivity index (χ3v) is 5.23. The standard InChI is InChI=1S/C19H23N5O.3C2HF3O2/c1-22(14-18-5-3-9-25-18)12-17-13-24-8-7-23(15-19(24)21-17)11-16-4-2-6-20-10-16;3*3-2(4,5)1(6)7/h2-6,9-10,13H,7-8,11-12,14-15H2,1H3;3*(H,6,7). The van der Waals surface area contributed by atoms with Gasteiger partial charge in [0.25, 0.3) is 0 Å². The lowest BCUT2D eigenvalue weighted by atomic mass is 10.2. The Labute approximate surface area is 253 Å². The third kappa shape index (κ3) is 15.4. The number of nitrogens with zero attached hydrogens (tertiary/aromatic N) is 5. The second kappa shape index (κ2) is 17.1. The molecule has 0 bridgehead atoms. The molecule has 12 nitrogen and oxygen atoms in total. The van der Waals surface area contributed by atoms with E-state index in [0.29, 0.717) is 0 Å². The topological polar surface area (TPSA) is 162 Å². The van der Waals surface area contributed by atoms with Crippen molar-refractivity contribution in [1.82, 2.24) is 24.3 Å². The molecule has 256 valence electrons. The lowest BCUT2D eigenvalue weighted by Crippen LogP contribution is -2.33. The first-order valence-electron chi connectivity index (χ1n) is 12.4. The minimum atomic E-state index is -5.08. The molecule has 0 amide bonds. The fourth-order valence-electron chi connectivity index (χ4n) is 3.32. The Morgan fingerprint density at radius 1 is 0.870 bits per heavy atom. The molecule has 0 saturated carbocycles. The maximum atomic E-state index is 10.6. The molecule has 0 spiro atoms. The molecule has 0 fully saturated rings. The molecule has 46 heavy (non-hydrogen) atoms. The minimum Gasteiger partial charge on any atom is -0.475 e. The van der Waals surface area contributed by atoms with Gasteiger partial charge in [-0.1, -0.05) is 6.07 Å². The smallest absolute Gasteiger partial charge is 0.475 e. The zero-order chi connectivity index (χ0) is 35.3. The summed E-state index contributed by atoms with van der Waals surface area (Å²) in [5.74, 6) is -6.14. The summed E-state index contributed by atoms with van der Waals surface area (Å²) in [6, 6.07) is 8.05. The van der Waals surface area contributed by atoms with Crippen molar-refractivity contribution in [3.8, 4) is 0 Å². The predicted molar refractivity (Wildman–Crippen MR) is 136 cm³/mol. The van der Waals surface area contributed by atoms with Gasteiger partial charge in [0.15, 0.2) is 0 Å². The van der Waals surface area contributed by atoms with Gasteiger partial charge in [-0.05, 0) is 30.8 Å². The van der Waals surface area contributed by atoms with E-state index in [9.17, 15) is 39.5 Å². The van der Waals surface area contributed by atoms with E-state index in [1.54, 1.807) is 6.26 Å². The number of fused-ring (bicyclic) bond motifs is 1. The first-order chi connectivity index (χ1) is 21.1. The van der Waals surface area contributed by atoms with Crippen LogP contribution in [-0.2, 0) is 47.1 Å². The number of halogens is 9. The number of aromatic nitrogens is 3. The number of carboxylic acids is 3. The number of furan rings is 1. The van der Waals surface area contributed by atoms with Crippen LogP contribution >= 0.6 is 0 Å². The van der Waals surface area contributed by atoms with Crippen molar-refractivity contribution < 1.29 is 73.6 Å². The van der Waals surface area contributed by atoms with E-state index in [4.69, 9.17) is 39.1 Å². The third-order valence-electron chi connectivity index (χ3n) is 5.23. The fourth-order valence-corrected chi connectivity index (χ4v) is 3.32. The van der Waals surface area contributed by atoms with Crippen LogP contribution < -0.4 is 0 Å². The second-order valence-corrected chi connectivity index (χ2v) is 9.07. The van der Waals surface area contributed by atoms with E-state index in [1.807, 2.05) is 30.6 Å². The van der Waals surface area contributed by atoms with Crippen LogP contribution in [0.5, 0.6) is 0 Å². The van der Waals surface area contributed by atoms with Gasteiger partial charge in [0, 0.05) is 44.8 Å². The number of aliphatic carboxylic acids is 3. The molecular weight excluding hydrogens is 653 g/mol. The highest BCUT2D eigenvalue weighted by Gasteiger charge is 2.39. The summed E-state index contributed by atoms with van der Waals surface area (Å²) in [5.41, 5.74) is 2.37. The number of hydrogen-bond acceptors (Lipinski definition) is 8. The van der Waals surface area contributed by atoms with Gasteiger partial charge in [0.1, 0.15) is 11.6 Å². The molecule has 3 N–H and O–H groups in total. The van der Waals surface area contributed by atoms with Gasteiger partial charge in [-0.2, -0.15) is 39.5 Å². The monoisotopic (exact) mass is 679 g/mol. The van der Waals surface area contributed by atoms with Gasteiger partial charge in [-0.25, -0.2) is 19.4 Å². The quantitative estimate of drug-likeness (QED) is 0.316. The van der Waals surface area contributed by atoms with Gasteiger partial charge in [0.2, 0.25) is 0 Å². The Morgan fingerprint density at radius 2 is 1.41 bits per heavy atom. The summed E-state index contributed by atoms with van der Waals surface area (Å²) in [5, 5.41) is 21.4. The van der Waals surface area contributed by atoms with E-state index >= 15 is 0 Å². The van der Waals surface area contributed by atoms with Crippen LogP contribution in [-0.4, -0.2) is 89.7 Å². The summed E-state index contributed by atoms with van der Waals surface area (Å²) in [6.45, 7) is 5.46. The predicted octanol–water partition coefficient (Wildman–Crippen LogP) is 4.42. The van der Waals surface area contributed by atoms with Crippen molar-refractivity contribution in [2.24, 2.45) is 0 Å². The molecule has 4 rings (SSSR count). The average Bonchev–Trinajstić information content (AvgIpc) is 3.57. The number of imidazole rings is 1. The van der Waals surface area contributed by atoms with E-state index in [2.05, 4.69) is 38.7 Å². The summed E-state index contributed by atoms with van der Waals surface area (Å²) in [6.07, 6.45) is -7.58. The molecule has 0 aliphatic carbocycles. The molecule has 1 aliphatic rings. The fraction of sp³-hybridized carbons (Fsp3) is 0.400. The van der Waals surface area contributed by atoms with Crippen molar-refractivity contribution in [2.75, 3.05) is 13.6 Å². The lowest BCUT2D eigenvalue weighted by molar-refractivity contribution is -0.193. The Balaban J connectivity index is 0.000000413. The van der Waals surface area contributed by atoms with Crippen LogP contribution in [0.1, 0.15) is 22.8 Å². The number of pyridine rings is 1. The van der Waals surface area contributed by atoms with Crippen LogP contribution in [0.2, 0.25) is 0 Å². The second-order valence-electron chi connectivity index (χ2n) is 9.07. The molecule has 1 aliphatic heterocycles. The SMILES string of the molecule is CN(Cc1cn2c(n1)CN(Cc1cccnc1)CC2)Cc1ccco1.O=C(O)C(F)(F)F.O=C(O)C(F)(F)F.O=C(O)C(F)(F)F. The first kappa shape index (κ1) is 39.4. The average molecular weight is 679 g/mol. The Bertz CT molecular complexity index is 1320. The van der Waals surface area contributed by atoms with Crippen molar-refractivity contribution >= 4 is 17.9 Å². The van der Waals surface area contributed by atoms with Crippen molar-refractivity contribution in [3.05, 3.63) is 72.0 Å². The molecule has 0 saturated heterocycles. The molecule has 0 aromatic carbocycles. The molecule has 3 aromatic rings. The van der Waals surface area contributed by atoms with Crippen LogP contribution in [0, 0.1) is 0 Å². The van der Waals surface area contributed by atoms with Gasteiger partial charge in [-0.15, -0.1) is 0 Å². The van der Waals surface area contributed by atoms with Crippen LogP contribution in [0.3, 0.4) is 0 Å². The zero-order valence-corrected chi connectivity index (χ0v) is 23.5. The summed E-state index contributed by atoms with van der Waals surface area (Å²) < 4.78 is 103. The van der Waals surface area contributed by atoms with Gasteiger partial charge >= 0.3 is 36.4 Å². The first-order valence-corrected chi connectivity index (χ1v) is 12.4. The molecule has 0 unspecified atom stereocenters. The summed E-state index contributed by atoms with van der Waals surface area (Å²) >= 11 is 0. The number of rotatable bonds is 6. The van der Waals surface area contributed by atoms with Crippen molar-refractivity contribution in [3.63, 3.8) is 0 Å². The Kier molecular flexibility index (Phi) is 14.7. The molecular formula is C25H26F9N5O7. The number of hydrogen-bond donors (Lipinski definition) is 3. The van der Waals surface area contributed by atoms with E-state index in [1.165, 1.54) is 5.56 Å². The highest BCUT2D eigenvalue weighted by Crippen LogP contribution is 2.17. The van der Waals surface area contributed by atoms with Gasteiger partial charge in [-0.3, -0.25) is 14.8 Å². The maximum Gasteiger partial charge on any atom is 0.490 e. The molecule has 3 aromatic heterocycles. The van der Waals surface area contributed by atoms with Gasteiger partial charge < -0.3 is 24.3 Å². The van der Waals surface area contributed by atoms with Crippen molar-refractivity contribution in [2.45, 2.75) is 51.3 Å². The minimum absolute atomic E-state index is 0.794. The normalized spacial score (nSPS) is 13.2. The number of alkyl halides is 9. The molecule has 0 radical (unpaired) electrons. The largest absolute Gasteiger partial charge is 0.490 e. The number of carbonyl (C=O) groups is 3. The van der Waals surface area contributed by atoms with Crippen LogP contribution in [0.4, 0.5) is 39.5 Å². The zero-order valence-electron chi connectivity index (χ0n) is 23.5. The molecule has 4 heterocycles. The van der Waals surface area contributed by atoms with Gasteiger partial charge in [0.05, 0.1) is 25.0 Å².